The third-order valence-electron chi connectivity index (χ3n) is 6.73. The van der Waals surface area contributed by atoms with Crippen LogP contribution in [-0.4, -0.2) is 7.05 Å². The van der Waals surface area contributed by atoms with E-state index in [2.05, 4.69) is 109 Å². The van der Waals surface area contributed by atoms with Gasteiger partial charge in [-0.2, -0.15) is 0 Å². The fourth-order valence-corrected chi connectivity index (χ4v) is 4.82. The average Bonchev–Trinajstić information content (AvgIpc) is 3.27. The number of nitrogens with one attached hydrogen (secondary N) is 1. The highest BCUT2D eigenvalue weighted by Gasteiger charge is 2.22. The molecule has 0 amide bonds. The lowest BCUT2D eigenvalue weighted by Crippen LogP contribution is -2.03. The van der Waals surface area contributed by atoms with Gasteiger partial charge in [0.2, 0.25) is 0 Å². The molecule has 0 aromatic heterocycles. The Hall–Kier alpha value is -3.88. The molecule has 4 aromatic rings. The van der Waals surface area contributed by atoms with Crippen molar-refractivity contribution < 1.29 is 0 Å². The monoisotopic (exact) mass is 442 g/mol. The topological polar surface area (TPSA) is 38.0 Å². The Morgan fingerprint density at radius 2 is 1.50 bits per heavy atom. The van der Waals surface area contributed by atoms with Crippen LogP contribution in [0.4, 0.5) is 0 Å². The number of rotatable bonds is 6. The van der Waals surface area contributed by atoms with Crippen LogP contribution in [0.5, 0.6) is 0 Å². The van der Waals surface area contributed by atoms with Crippen molar-refractivity contribution in [3.05, 3.63) is 131 Å². The van der Waals surface area contributed by atoms with E-state index in [0.717, 1.165) is 12.1 Å². The fraction of sp³-hybridized carbons (Fsp3) is 0.125. The van der Waals surface area contributed by atoms with Crippen LogP contribution in [0.2, 0.25) is 0 Å². The van der Waals surface area contributed by atoms with Crippen molar-refractivity contribution in [3.63, 3.8) is 0 Å². The Balaban J connectivity index is 1.46. The van der Waals surface area contributed by atoms with Crippen LogP contribution in [0.15, 0.2) is 103 Å². The lowest BCUT2D eigenvalue weighted by molar-refractivity contribution is 1.07. The maximum absolute atomic E-state index is 6.07. The van der Waals surface area contributed by atoms with E-state index < -0.39 is 0 Å². The Kier molecular flexibility index (Phi) is 6.16. The Labute approximate surface area is 202 Å². The van der Waals surface area contributed by atoms with Crippen LogP contribution in [-0.2, 0) is 13.0 Å². The van der Waals surface area contributed by atoms with Gasteiger partial charge in [0.1, 0.15) is 0 Å². The van der Waals surface area contributed by atoms with Gasteiger partial charge in [-0.15, -0.1) is 0 Å². The molecule has 1 aliphatic rings. The molecule has 34 heavy (non-hydrogen) atoms. The van der Waals surface area contributed by atoms with Gasteiger partial charge < -0.3 is 11.1 Å². The maximum atomic E-state index is 6.07. The second-order valence-electron chi connectivity index (χ2n) is 8.83. The molecule has 2 heteroatoms. The quantitative estimate of drug-likeness (QED) is 0.277. The molecule has 5 rings (SSSR count). The highest BCUT2D eigenvalue weighted by atomic mass is 14.8. The Morgan fingerprint density at radius 1 is 0.794 bits per heavy atom. The molecular formula is C32H30N2. The largest absolute Gasteiger partial charge is 0.388 e. The van der Waals surface area contributed by atoms with Crippen LogP contribution in [0.25, 0.3) is 33.5 Å². The summed E-state index contributed by atoms with van der Waals surface area (Å²) in [5.74, 6) is 0. The van der Waals surface area contributed by atoms with Crippen LogP contribution in [0.1, 0.15) is 34.7 Å². The zero-order valence-electron chi connectivity index (χ0n) is 19.8. The van der Waals surface area contributed by atoms with E-state index in [4.69, 9.17) is 5.73 Å². The molecule has 1 aliphatic carbocycles. The third-order valence-corrected chi connectivity index (χ3v) is 6.73. The molecule has 2 nitrogen and oxygen atoms in total. The molecular weight excluding hydrogens is 412 g/mol. The smallest absolute Gasteiger partial charge is 0.0411 e. The third kappa shape index (κ3) is 4.21. The summed E-state index contributed by atoms with van der Waals surface area (Å²) in [5, 5.41) is 3.30. The zero-order valence-corrected chi connectivity index (χ0v) is 19.8. The number of allylic oxidation sites excluding steroid dienone is 3. The first-order valence-corrected chi connectivity index (χ1v) is 11.8. The van der Waals surface area contributed by atoms with Crippen molar-refractivity contribution in [1.29, 1.82) is 0 Å². The number of hydrogen-bond acceptors (Lipinski definition) is 2. The lowest BCUT2D eigenvalue weighted by Gasteiger charge is -2.13. The van der Waals surface area contributed by atoms with Crippen molar-refractivity contribution in [1.82, 2.24) is 5.32 Å². The van der Waals surface area contributed by atoms with Crippen molar-refractivity contribution in [2.75, 3.05) is 7.05 Å². The van der Waals surface area contributed by atoms with E-state index in [9.17, 15) is 0 Å². The molecule has 3 N–H and O–H groups in total. The van der Waals surface area contributed by atoms with Crippen molar-refractivity contribution in [3.8, 4) is 22.3 Å². The van der Waals surface area contributed by atoms with Crippen molar-refractivity contribution in [2.45, 2.75) is 19.9 Å². The minimum atomic E-state index is 0.546. The molecule has 168 valence electrons. The van der Waals surface area contributed by atoms with E-state index in [1.807, 2.05) is 13.1 Å². The molecule has 0 unspecified atom stereocenters. The van der Waals surface area contributed by atoms with Gasteiger partial charge in [-0.3, -0.25) is 0 Å². The van der Waals surface area contributed by atoms with E-state index in [1.54, 1.807) is 0 Å². The summed E-state index contributed by atoms with van der Waals surface area (Å²) in [5.41, 5.74) is 20.0. The maximum Gasteiger partial charge on any atom is 0.0411 e. The van der Waals surface area contributed by atoms with Crippen LogP contribution < -0.4 is 11.1 Å². The molecule has 0 atom stereocenters. The average molecular weight is 443 g/mol. The molecule has 4 aromatic carbocycles. The van der Waals surface area contributed by atoms with Gasteiger partial charge in [0.15, 0.2) is 0 Å². The minimum absolute atomic E-state index is 0.546. The molecule has 0 saturated carbocycles. The van der Waals surface area contributed by atoms with Crippen molar-refractivity contribution >= 4 is 11.3 Å². The number of hydrogen-bond donors (Lipinski definition) is 2. The highest BCUT2D eigenvalue weighted by Crippen LogP contribution is 2.42. The first-order valence-electron chi connectivity index (χ1n) is 11.8. The molecule has 0 bridgehead atoms. The van der Waals surface area contributed by atoms with Gasteiger partial charge in [0.25, 0.3) is 0 Å². The molecule has 0 fully saturated rings. The summed E-state index contributed by atoms with van der Waals surface area (Å²) >= 11 is 0. The molecule has 0 aliphatic heterocycles. The lowest BCUT2D eigenvalue weighted by atomic mass is 9.92. The minimum Gasteiger partial charge on any atom is -0.388 e. The van der Waals surface area contributed by atoms with E-state index in [1.165, 1.54) is 55.6 Å². The number of nitrogens with two attached hydrogens (primary N) is 1. The predicted octanol–water partition coefficient (Wildman–Crippen LogP) is 7.05. The Morgan fingerprint density at radius 3 is 2.24 bits per heavy atom. The zero-order chi connectivity index (χ0) is 23.5. The molecule has 0 radical (unpaired) electrons. The van der Waals surface area contributed by atoms with Crippen LogP contribution in [0, 0.1) is 0 Å². The summed E-state index contributed by atoms with van der Waals surface area (Å²) in [6, 6.07) is 32.6. The second-order valence-corrected chi connectivity index (χ2v) is 8.83. The van der Waals surface area contributed by atoms with Gasteiger partial charge in [-0.25, -0.2) is 0 Å². The van der Waals surface area contributed by atoms with Gasteiger partial charge in [-0.05, 0) is 87.2 Å². The van der Waals surface area contributed by atoms with E-state index in [0.29, 0.717) is 6.54 Å². The normalized spacial score (nSPS) is 12.9. The predicted molar refractivity (Wildman–Crippen MR) is 145 cm³/mol. The van der Waals surface area contributed by atoms with Crippen LogP contribution >= 0.6 is 0 Å². The Bertz CT molecular complexity index is 1380. The van der Waals surface area contributed by atoms with Gasteiger partial charge in [0, 0.05) is 19.3 Å². The summed E-state index contributed by atoms with van der Waals surface area (Å²) < 4.78 is 0. The standard InChI is InChI=1S/C32H30N2/c1-22(12-17-32(34-2)26-8-4-3-5-9-26)24-13-15-25(16-14-24)29-18-23(21-33)19-30-28-11-7-6-10-27(28)20-31(29)30/h3-19,34H,20-21,33H2,1-2H3/b22-12+,32-17-. The van der Waals surface area contributed by atoms with E-state index in [-0.39, 0.29) is 0 Å². The van der Waals surface area contributed by atoms with Crippen LogP contribution in [0.3, 0.4) is 0 Å². The second kappa shape index (κ2) is 9.54. The first kappa shape index (κ1) is 21.9. The number of benzene rings is 4. The van der Waals surface area contributed by atoms with Gasteiger partial charge >= 0.3 is 0 Å². The highest BCUT2D eigenvalue weighted by molar-refractivity contribution is 5.86. The van der Waals surface area contributed by atoms with Gasteiger partial charge in [0.05, 0.1) is 0 Å². The number of fused-ring (bicyclic) bond motifs is 3. The van der Waals surface area contributed by atoms with E-state index >= 15 is 0 Å². The molecule has 0 spiro atoms. The summed E-state index contributed by atoms with van der Waals surface area (Å²) in [4.78, 5) is 0. The fourth-order valence-electron chi connectivity index (χ4n) is 4.82. The summed E-state index contributed by atoms with van der Waals surface area (Å²) in [6.07, 6.45) is 5.30. The van der Waals surface area contributed by atoms with Gasteiger partial charge in [-0.1, -0.05) is 84.9 Å². The SMILES string of the molecule is CN/C(=C\C=C(/C)c1ccc(-c2cc(CN)cc3c2Cc2ccccc2-3)cc1)c1ccccc1. The summed E-state index contributed by atoms with van der Waals surface area (Å²) in [7, 11) is 1.96. The first-order chi connectivity index (χ1) is 16.7. The van der Waals surface area contributed by atoms with Crippen molar-refractivity contribution in [2.24, 2.45) is 5.73 Å². The summed E-state index contributed by atoms with van der Waals surface area (Å²) in [6.45, 7) is 2.71. The molecule has 0 heterocycles. The molecule has 0 saturated heterocycles.